The second-order valence-corrected chi connectivity index (χ2v) is 7.32. The Morgan fingerprint density at radius 1 is 1.40 bits per heavy atom. The van der Waals surface area contributed by atoms with E-state index in [2.05, 4.69) is 26.1 Å². The molecule has 0 spiro atoms. The molecule has 2 rings (SSSR count). The molecule has 0 radical (unpaired) electrons. The maximum atomic E-state index is 14.2. The molecule has 0 amide bonds. The van der Waals surface area contributed by atoms with Crippen molar-refractivity contribution in [2.24, 2.45) is 0 Å². The summed E-state index contributed by atoms with van der Waals surface area (Å²) in [7, 11) is 1.93. The van der Waals surface area contributed by atoms with Gasteiger partial charge in [-0.25, -0.2) is 4.39 Å². The lowest BCUT2D eigenvalue weighted by molar-refractivity contribution is 0.606. The van der Waals surface area contributed by atoms with E-state index in [1.807, 2.05) is 35.8 Å². The third kappa shape index (κ3) is 3.60. The first kappa shape index (κ1) is 15.5. The van der Waals surface area contributed by atoms with Crippen LogP contribution in [0, 0.1) is 5.82 Å². The van der Waals surface area contributed by atoms with E-state index < -0.39 is 0 Å². The number of thioether (sulfide) groups is 1. The summed E-state index contributed by atoms with van der Waals surface area (Å²) in [6.45, 7) is 6.37. The van der Waals surface area contributed by atoms with Gasteiger partial charge in [0.15, 0.2) is 0 Å². The number of anilines is 2. The lowest BCUT2D eigenvalue weighted by Crippen LogP contribution is -2.32. The first-order valence-corrected chi connectivity index (χ1v) is 8.44. The molecule has 2 unspecified atom stereocenters. The molecule has 1 aliphatic heterocycles. The number of hydrogen-bond donors (Lipinski definition) is 1. The highest BCUT2D eigenvalue weighted by molar-refractivity contribution is 8.00. The third-order valence-corrected chi connectivity index (χ3v) is 5.44. The van der Waals surface area contributed by atoms with E-state index in [0.717, 1.165) is 5.69 Å². The van der Waals surface area contributed by atoms with Gasteiger partial charge in [0.2, 0.25) is 0 Å². The smallest absolute Gasteiger partial charge is 0.148 e. The van der Waals surface area contributed by atoms with Gasteiger partial charge in [-0.1, -0.05) is 6.92 Å². The Morgan fingerprint density at radius 3 is 2.75 bits per heavy atom. The molecule has 0 aliphatic carbocycles. The van der Waals surface area contributed by atoms with Crippen LogP contribution in [0.2, 0.25) is 0 Å². The van der Waals surface area contributed by atoms with Gasteiger partial charge in [0.25, 0.3) is 0 Å². The molecule has 2 atom stereocenters. The number of hydrogen-bond acceptors (Lipinski definition) is 3. The summed E-state index contributed by atoms with van der Waals surface area (Å²) in [6, 6.07) is 6.22. The average molecular weight is 296 g/mol. The van der Waals surface area contributed by atoms with Gasteiger partial charge >= 0.3 is 0 Å². The van der Waals surface area contributed by atoms with Crippen molar-refractivity contribution in [1.82, 2.24) is 0 Å². The Kier molecular flexibility index (Phi) is 5.19. The molecule has 0 aromatic heterocycles. The van der Waals surface area contributed by atoms with Gasteiger partial charge in [-0.15, -0.1) is 0 Å². The zero-order valence-corrected chi connectivity index (χ0v) is 13.6. The largest absolute Gasteiger partial charge is 0.381 e. The van der Waals surface area contributed by atoms with Crippen LogP contribution < -0.4 is 10.2 Å². The highest BCUT2D eigenvalue weighted by Gasteiger charge is 2.22. The Morgan fingerprint density at radius 2 is 2.15 bits per heavy atom. The van der Waals surface area contributed by atoms with Crippen LogP contribution in [0.25, 0.3) is 0 Å². The topological polar surface area (TPSA) is 15.3 Å². The monoisotopic (exact) mass is 296 g/mol. The molecule has 20 heavy (non-hydrogen) atoms. The Labute approximate surface area is 126 Å². The molecule has 0 saturated carbocycles. The second-order valence-electron chi connectivity index (χ2n) is 5.84. The standard InChI is InChI=1S/C16H25FN2S/c1-11(2)19(4)16-8-7-13(10-14(16)17)18-15-6-5-9-20-12(15)3/h7-8,10-12,15,18H,5-6,9H2,1-4H3. The molecule has 2 nitrogen and oxygen atoms in total. The van der Waals surface area contributed by atoms with Crippen LogP contribution in [0.3, 0.4) is 0 Å². The van der Waals surface area contributed by atoms with Crippen LogP contribution in [-0.4, -0.2) is 30.1 Å². The van der Waals surface area contributed by atoms with E-state index in [-0.39, 0.29) is 11.9 Å². The van der Waals surface area contributed by atoms with Crippen LogP contribution in [0.4, 0.5) is 15.8 Å². The summed E-state index contributed by atoms with van der Waals surface area (Å²) in [5.41, 5.74) is 1.55. The molecule has 1 aromatic rings. The molecule has 4 heteroatoms. The van der Waals surface area contributed by atoms with E-state index in [0.29, 0.717) is 17.0 Å². The summed E-state index contributed by atoms with van der Waals surface area (Å²) >= 11 is 2.00. The van der Waals surface area contributed by atoms with Crippen LogP contribution >= 0.6 is 11.8 Å². The first-order chi connectivity index (χ1) is 9.49. The van der Waals surface area contributed by atoms with Crippen LogP contribution in [-0.2, 0) is 0 Å². The fourth-order valence-electron chi connectivity index (χ4n) is 2.49. The molecule has 1 aromatic carbocycles. The average Bonchev–Trinajstić information content (AvgIpc) is 2.41. The van der Waals surface area contributed by atoms with Crippen LogP contribution in [0.1, 0.15) is 33.6 Å². The Bertz CT molecular complexity index is 450. The van der Waals surface area contributed by atoms with E-state index >= 15 is 0 Å². The maximum absolute atomic E-state index is 14.2. The molecule has 1 saturated heterocycles. The molecular weight excluding hydrogens is 271 g/mol. The fraction of sp³-hybridized carbons (Fsp3) is 0.625. The number of rotatable bonds is 4. The van der Waals surface area contributed by atoms with Crippen molar-refractivity contribution in [3.63, 3.8) is 0 Å². The fourth-order valence-corrected chi connectivity index (χ4v) is 3.63. The number of halogens is 1. The normalized spacial score (nSPS) is 22.9. The summed E-state index contributed by atoms with van der Waals surface area (Å²) < 4.78 is 14.2. The van der Waals surface area contributed by atoms with E-state index in [4.69, 9.17) is 0 Å². The SMILES string of the molecule is CC1SCCCC1Nc1ccc(N(C)C(C)C)c(F)c1. The predicted molar refractivity (Wildman–Crippen MR) is 88.5 cm³/mol. The minimum absolute atomic E-state index is 0.151. The maximum Gasteiger partial charge on any atom is 0.148 e. The minimum atomic E-state index is -0.151. The van der Waals surface area contributed by atoms with E-state index in [1.165, 1.54) is 18.6 Å². The zero-order chi connectivity index (χ0) is 14.7. The van der Waals surface area contributed by atoms with Crippen molar-refractivity contribution in [2.45, 2.75) is 50.9 Å². The zero-order valence-electron chi connectivity index (χ0n) is 12.8. The van der Waals surface area contributed by atoms with Crippen molar-refractivity contribution in [3.8, 4) is 0 Å². The van der Waals surface area contributed by atoms with Crippen molar-refractivity contribution in [1.29, 1.82) is 0 Å². The van der Waals surface area contributed by atoms with Crippen LogP contribution in [0.5, 0.6) is 0 Å². The van der Waals surface area contributed by atoms with Crippen LogP contribution in [0.15, 0.2) is 18.2 Å². The van der Waals surface area contributed by atoms with Gasteiger partial charge < -0.3 is 10.2 Å². The van der Waals surface area contributed by atoms with Gasteiger partial charge in [0.05, 0.1) is 5.69 Å². The summed E-state index contributed by atoms with van der Waals surface area (Å²) in [5, 5.41) is 4.08. The summed E-state index contributed by atoms with van der Waals surface area (Å²) in [5.74, 6) is 1.09. The van der Waals surface area contributed by atoms with E-state index in [9.17, 15) is 4.39 Å². The van der Waals surface area contributed by atoms with Crippen molar-refractivity contribution in [2.75, 3.05) is 23.0 Å². The van der Waals surface area contributed by atoms with Gasteiger partial charge in [0, 0.05) is 30.1 Å². The van der Waals surface area contributed by atoms with Crippen molar-refractivity contribution >= 4 is 23.1 Å². The number of benzene rings is 1. The lowest BCUT2D eigenvalue weighted by Gasteiger charge is -2.30. The van der Waals surface area contributed by atoms with Crippen molar-refractivity contribution in [3.05, 3.63) is 24.0 Å². The van der Waals surface area contributed by atoms with Gasteiger partial charge in [-0.2, -0.15) is 11.8 Å². The minimum Gasteiger partial charge on any atom is -0.381 e. The summed E-state index contributed by atoms with van der Waals surface area (Å²) in [6.07, 6.45) is 2.41. The molecular formula is C16H25FN2S. The number of nitrogens with zero attached hydrogens (tertiary/aromatic N) is 1. The first-order valence-electron chi connectivity index (χ1n) is 7.39. The molecule has 1 fully saturated rings. The van der Waals surface area contributed by atoms with Crippen molar-refractivity contribution < 1.29 is 4.39 Å². The highest BCUT2D eigenvalue weighted by atomic mass is 32.2. The Hall–Kier alpha value is -0.900. The van der Waals surface area contributed by atoms with Gasteiger partial charge in [0.1, 0.15) is 5.82 Å². The molecule has 1 heterocycles. The summed E-state index contributed by atoms with van der Waals surface area (Å²) in [4.78, 5) is 1.96. The molecule has 0 bridgehead atoms. The lowest BCUT2D eigenvalue weighted by atomic mass is 10.1. The highest BCUT2D eigenvalue weighted by Crippen LogP contribution is 2.29. The molecule has 1 aliphatic rings. The Balaban J connectivity index is 2.08. The van der Waals surface area contributed by atoms with E-state index in [1.54, 1.807) is 6.07 Å². The molecule has 112 valence electrons. The third-order valence-electron chi connectivity index (χ3n) is 4.06. The predicted octanol–water partition coefficient (Wildman–Crippen LogP) is 4.37. The second kappa shape index (κ2) is 6.70. The number of nitrogens with one attached hydrogen (secondary N) is 1. The van der Waals surface area contributed by atoms with Gasteiger partial charge in [-0.05, 0) is 50.6 Å². The molecule has 1 N–H and O–H groups in total. The van der Waals surface area contributed by atoms with Gasteiger partial charge in [-0.3, -0.25) is 0 Å². The quantitative estimate of drug-likeness (QED) is 0.888.